The van der Waals surface area contributed by atoms with E-state index in [9.17, 15) is 8.42 Å². The van der Waals surface area contributed by atoms with E-state index in [4.69, 9.17) is 4.18 Å². The number of halogens is 1. The summed E-state index contributed by atoms with van der Waals surface area (Å²) in [6.45, 7) is 0.0454. The Balaban J connectivity index is 1.66. The number of aryl methyl sites for hydroxylation is 1. The molecule has 3 nitrogen and oxygen atoms in total. The lowest BCUT2D eigenvalue weighted by molar-refractivity contribution is 0.307. The molecule has 0 unspecified atom stereocenters. The quantitative estimate of drug-likeness (QED) is 0.458. The smallest absolute Gasteiger partial charge is 0.262 e. The lowest BCUT2D eigenvalue weighted by Gasteiger charge is -2.20. The predicted molar refractivity (Wildman–Crippen MR) is 115 cm³/mol. The third-order valence-electron chi connectivity index (χ3n) is 5.18. The van der Waals surface area contributed by atoms with E-state index >= 15 is 0 Å². The molecule has 0 N–H and O–H groups in total. The van der Waals surface area contributed by atoms with Crippen LogP contribution in [0.2, 0.25) is 0 Å². The van der Waals surface area contributed by atoms with Crippen molar-refractivity contribution in [2.24, 2.45) is 0 Å². The third-order valence-corrected chi connectivity index (χ3v) is 6.98. The fourth-order valence-corrected chi connectivity index (χ4v) is 4.90. The van der Waals surface area contributed by atoms with Crippen molar-refractivity contribution < 1.29 is 12.6 Å². The molecule has 0 aromatic heterocycles. The molecular weight excluding hydrogens is 436 g/mol. The maximum Gasteiger partial charge on any atom is 0.297 e. The Hall–Kier alpha value is -1.95. The van der Waals surface area contributed by atoms with Gasteiger partial charge in [-0.25, -0.2) is 0 Å². The molecule has 1 aliphatic rings. The molecule has 4 rings (SSSR count). The summed E-state index contributed by atoms with van der Waals surface area (Å²) < 4.78 is 31.4. The summed E-state index contributed by atoms with van der Waals surface area (Å²) in [4.78, 5) is 0.167. The molecule has 0 radical (unpaired) electrons. The molecule has 0 saturated heterocycles. The van der Waals surface area contributed by atoms with Crippen LogP contribution in [0, 0.1) is 0 Å². The average Bonchev–Trinajstić information content (AvgIpc) is 2.69. The Morgan fingerprint density at radius 1 is 0.821 bits per heavy atom. The molecule has 28 heavy (non-hydrogen) atoms. The number of hydrogen-bond acceptors (Lipinski definition) is 3. The van der Waals surface area contributed by atoms with Gasteiger partial charge in [0.2, 0.25) is 0 Å². The van der Waals surface area contributed by atoms with E-state index in [2.05, 4.69) is 46.3 Å². The lowest BCUT2D eigenvalue weighted by Crippen LogP contribution is -2.09. The van der Waals surface area contributed by atoms with Gasteiger partial charge in [0.1, 0.15) is 0 Å². The molecule has 0 spiro atoms. The van der Waals surface area contributed by atoms with E-state index in [0.717, 1.165) is 35.7 Å². The standard InChI is InChI=1S/C23H21BrO3S/c24-19-12-14-20(15-13-19)28(25,26)27-16-18-8-5-11-23-21-9-3-1-6-17(21)7-2-4-10-22(18)23/h1,3,5-6,8-9,11-15H,2,4,7,10,16H2. The molecule has 5 heteroatoms. The van der Waals surface area contributed by atoms with Crippen molar-refractivity contribution in [1.29, 1.82) is 0 Å². The Morgan fingerprint density at radius 2 is 1.54 bits per heavy atom. The highest BCUT2D eigenvalue weighted by atomic mass is 79.9. The Bertz CT molecular complexity index is 1090. The maximum absolute atomic E-state index is 12.6. The highest BCUT2D eigenvalue weighted by Crippen LogP contribution is 2.34. The molecule has 0 heterocycles. The fourth-order valence-electron chi connectivity index (χ4n) is 3.75. The predicted octanol–water partition coefficient (Wildman–Crippen LogP) is 5.90. The summed E-state index contributed by atoms with van der Waals surface area (Å²) in [5.74, 6) is 0. The third kappa shape index (κ3) is 4.07. The van der Waals surface area contributed by atoms with Gasteiger partial charge in [0, 0.05) is 4.47 Å². The van der Waals surface area contributed by atoms with Gasteiger partial charge < -0.3 is 0 Å². The second kappa shape index (κ2) is 8.19. The van der Waals surface area contributed by atoms with Crippen molar-refractivity contribution in [3.63, 3.8) is 0 Å². The van der Waals surface area contributed by atoms with Crippen molar-refractivity contribution in [2.45, 2.75) is 37.2 Å². The molecule has 0 amide bonds. The first-order chi connectivity index (χ1) is 13.5. The molecule has 0 fully saturated rings. The Morgan fingerprint density at radius 3 is 2.36 bits per heavy atom. The largest absolute Gasteiger partial charge is 0.297 e. The van der Waals surface area contributed by atoms with Crippen molar-refractivity contribution in [2.75, 3.05) is 0 Å². The monoisotopic (exact) mass is 456 g/mol. The van der Waals surface area contributed by atoms with Gasteiger partial charge in [0.25, 0.3) is 10.1 Å². The first-order valence-corrected chi connectivity index (χ1v) is 11.6. The topological polar surface area (TPSA) is 43.4 Å². The van der Waals surface area contributed by atoms with Crippen LogP contribution in [0.25, 0.3) is 11.1 Å². The molecule has 3 aromatic carbocycles. The Kier molecular flexibility index (Phi) is 5.67. The van der Waals surface area contributed by atoms with Crippen LogP contribution in [0.5, 0.6) is 0 Å². The minimum absolute atomic E-state index is 0.0454. The summed E-state index contributed by atoms with van der Waals surface area (Å²) >= 11 is 3.32. The van der Waals surface area contributed by atoms with Crippen molar-refractivity contribution in [1.82, 2.24) is 0 Å². The normalized spacial score (nSPS) is 13.9. The van der Waals surface area contributed by atoms with Crippen molar-refractivity contribution in [3.05, 3.63) is 87.9 Å². The lowest BCUT2D eigenvalue weighted by atomic mass is 9.86. The molecule has 3 aromatic rings. The number of fused-ring (bicyclic) bond motifs is 3. The molecule has 0 bridgehead atoms. The van der Waals surface area contributed by atoms with Gasteiger partial charge in [-0.2, -0.15) is 8.42 Å². The van der Waals surface area contributed by atoms with Gasteiger partial charge in [-0.05, 0) is 77.8 Å². The van der Waals surface area contributed by atoms with Crippen LogP contribution >= 0.6 is 15.9 Å². The Labute approximate surface area is 174 Å². The summed E-state index contributed by atoms with van der Waals surface area (Å²) in [5.41, 5.74) is 5.92. The van der Waals surface area contributed by atoms with Gasteiger partial charge in [-0.1, -0.05) is 58.4 Å². The minimum atomic E-state index is -3.80. The van der Waals surface area contributed by atoms with E-state index in [1.807, 2.05) is 12.1 Å². The van der Waals surface area contributed by atoms with Crippen LogP contribution in [-0.4, -0.2) is 8.42 Å². The van der Waals surface area contributed by atoms with Gasteiger partial charge in [-0.15, -0.1) is 0 Å². The zero-order valence-corrected chi connectivity index (χ0v) is 17.8. The van der Waals surface area contributed by atoms with Crippen LogP contribution in [0.3, 0.4) is 0 Å². The zero-order valence-electron chi connectivity index (χ0n) is 15.4. The number of benzene rings is 3. The van der Waals surface area contributed by atoms with Crippen LogP contribution < -0.4 is 0 Å². The molecule has 0 saturated carbocycles. The van der Waals surface area contributed by atoms with E-state index in [-0.39, 0.29) is 11.5 Å². The van der Waals surface area contributed by atoms with Crippen LogP contribution in [0.4, 0.5) is 0 Å². The average molecular weight is 457 g/mol. The highest BCUT2D eigenvalue weighted by Gasteiger charge is 2.19. The maximum atomic E-state index is 12.6. The molecule has 1 aliphatic carbocycles. The van der Waals surface area contributed by atoms with Crippen molar-refractivity contribution in [3.8, 4) is 11.1 Å². The van der Waals surface area contributed by atoms with Crippen LogP contribution in [0.15, 0.2) is 76.1 Å². The molecule has 0 aliphatic heterocycles. The highest BCUT2D eigenvalue weighted by molar-refractivity contribution is 9.10. The number of rotatable bonds is 4. The summed E-state index contributed by atoms with van der Waals surface area (Å²) in [6.07, 6.45) is 4.22. The van der Waals surface area contributed by atoms with E-state index in [1.165, 1.54) is 22.3 Å². The number of hydrogen-bond donors (Lipinski definition) is 0. The van der Waals surface area contributed by atoms with Gasteiger partial charge in [-0.3, -0.25) is 4.18 Å². The van der Waals surface area contributed by atoms with Gasteiger partial charge in [0.05, 0.1) is 11.5 Å². The fraction of sp³-hybridized carbons (Fsp3) is 0.217. The van der Waals surface area contributed by atoms with Gasteiger partial charge >= 0.3 is 0 Å². The molecule has 144 valence electrons. The second-order valence-corrected chi connectivity index (χ2v) is 9.51. The first kappa shape index (κ1) is 19.4. The van der Waals surface area contributed by atoms with Gasteiger partial charge in [0.15, 0.2) is 0 Å². The van der Waals surface area contributed by atoms with Crippen molar-refractivity contribution >= 4 is 26.0 Å². The van der Waals surface area contributed by atoms with Crippen LogP contribution in [0.1, 0.15) is 29.5 Å². The second-order valence-electron chi connectivity index (χ2n) is 6.98. The summed E-state index contributed by atoms with van der Waals surface area (Å²) in [7, 11) is -3.80. The SMILES string of the molecule is O=S(=O)(OCc1cccc2c1CCCCc1ccccc1-2)c1ccc(Br)cc1. The van der Waals surface area contributed by atoms with E-state index in [1.54, 1.807) is 24.3 Å². The van der Waals surface area contributed by atoms with Crippen LogP contribution in [-0.2, 0) is 33.7 Å². The first-order valence-electron chi connectivity index (χ1n) is 9.39. The minimum Gasteiger partial charge on any atom is -0.262 e. The van der Waals surface area contributed by atoms with E-state index in [0.29, 0.717) is 0 Å². The molecular formula is C23H21BrO3S. The molecule has 0 atom stereocenters. The van der Waals surface area contributed by atoms with E-state index < -0.39 is 10.1 Å². The summed E-state index contributed by atoms with van der Waals surface area (Å²) in [5, 5.41) is 0. The summed E-state index contributed by atoms with van der Waals surface area (Å²) in [6, 6.07) is 21.1. The zero-order chi connectivity index (χ0) is 19.6.